The number of carboxylic acids is 1. The molecule has 0 aliphatic heterocycles. The van der Waals surface area contributed by atoms with E-state index in [1.165, 1.54) is 11.6 Å². The highest BCUT2D eigenvalue weighted by Gasteiger charge is 2.27. The van der Waals surface area contributed by atoms with E-state index in [0.29, 0.717) is 12.2 Å². The van der Waals surface area contributed by atoms with E-state index in [9.17, 15) is 9.59 Å². The van der Waals surface area contributed by atoms with Crippen LogP contribution in [0.5, 0.6) is 0 Å². The molecule has 3 rings (SSSR count). The minimum absolute atomic E-state index is 0.0442. The zero-order valence-electron chi connectivity index (χ0n) is 12.6. The van der Waals surface area contributed by atoms with Gasteiger partial charge in [0, 0.05) is 17.0 Å². The summed E-state index contributed by atoms with van der Waals surface area (Å²) in [5.41, 5.74) is 2.35. The molecule has 0 radical (unpaired) electrons. The predicted molar refractivity (Wildman–Crippen MR) is 87.7 cm³/mol. The van der Waals surface area contributed by atoms with E-state index in [1.54, 1.807) is 6.92 Å². The minimum Gasteiger partial charge on any atom is -0.478 e. The highest BCUT2D eigenvalue weighted by atomic mass is 79.9. The molecular weight excluding hydrogens is 362 g/mol. The molecule has 0 bridgehead atoms. The Morgan fingerprint density at radius 3 is 2.87 bits per heavy atom. The molecule has 1 aromatic heterocycles. The first kappa shape index (κ1) is 15.8. The van der Waals surface area contributed by atoms with Gasteiger partial charge in [-0.3, -0.25) is 4.79 Å². The van der Waals surface area contributed by atoms with Gasteiger partial charge in [-0.25, -0.2) is 4.79 Å². The Morgan fingerprint density at radius 1 is 1.43 bits per heavy atom. The van der Waals surface area contributed by atoms with Gasteiger partial charge in [-0.05, 0) is 30.0 Å². The van der Waals surface area contributed by atoms with Gasteiger partial charge in [-0.2, -0.15) is 0 Å². The summed E-state index contributed by atoms with van der Waals surface area (Å²) in [5.74, 6) is -1.11. The second-order valence-electron chi connectivity index (χ2n) is 5.48. The summed E-state index contributed by atoms with van der Waals surface area (Å²) in [6, 6.07) is 7.15. The highest BCUT2D eigenvalue weighted by Crippen LogP contribution is 2.35. The third-order valence-electron chi connectivity index (χ3n) is 4.10. The molecule has 1 aromatic carbocycles. The molecule has 0 fully saturated rings. The maximum atomic E-state index is 12.4. The van der Waals surface area contributed by atoms with Gasteiger partial charge in [-0.1, -0.05) is 35.0 Å². The summed E-state index contributed by atoms with van der Waals surface area (Å²) in [4.78, 5) is 23.6. The molecule has 1 heterocycles. The minimum atomic E-state index is -1.08. The summed E-state index contributed by atoms with van der Waals surface area (Å²) in [6.07, 6.45) is 2.13. The first-order valence-electron chi connectivity index (χ1n) is 7.45. The molecule has 23 heavy (non-hydrogen) atoms. The van der Waals surface area contributed by atoms with Crippen LogP contribution >= 0.6 is 15.9 Å². The third-order valence-corrected chi connectivity index (χ3v) is 4.85. The van der Waals surface area contributed by atoms with E-state index >= 15 is 0 Å². The molecule has 120 valence electrons. The Bertz CT molecular complexity index is 781. The van der Waals surface area contributed by atoms with Crippen LogP contribution in [0.2, 0.25) is 0 Å². The van der Waals surface area contributed by atoms with Crippen molar-refractivity contribution in [1.82, 2.24) is 5.32 Å². The number of aromatic carboxylic acids is 1. The zero-order valence-corrected chi connectivity index (χ0v) is 14.1. The molecule has 1 aliphatic carbocycles. The lowest BCUT2D eigenvalue weighted by Gasteiger charge is -2.13. The number of carbonyl (C=O) groups is 2. The molecule has 1 unspecified atom stereocenters. The lowest BCUT2D eigenvalue weighted by atomic mass is 10.1. The van der Waals surface area contributed by atoms with Gasteiger partial charge < -0.3 is 14.8 Å². The van der Waals surface area contributed by atoms with Crippen LogP contribution in [0.4, 0.5) is 0 Å². The lowest BCUT2D eigenvalue weighted by Crippen LogP contribution is -2.26. The van der Waals surface area contributed by atoms with Gasteiger partial charge in [0.2, 0.25) is 0 Å². The molecule has 1 atom stereocenters. The van der Waals surface area contributed by atoms with Crippen molar-refractivity contribution >= 4 is 27.8 Å². The molecule has 1 aliphatic rings. The number of amides is 1. The van der Waals surface area contributed by atoms with Crippen LogP contribution < -0.4 is 5.32 Å². The number of halogens is 1. The summed E-state index contributed by atoms with van der Waals surface area (Å²) >= 11 is 3.53. The maximum absolute atomic E-state index is 12.4. The van der Waals surface area contributed by atoms with Crippen molar-refractivity contribution in [2.45, 2.75) is 32.2 Å². The van der Waals surface area contributed by atoms with Crippen molar-refractivity contribution in [3.05, 3.63) is 56.9 Å². The molecule has 1 amide bonds. The number of aryl methyl sites for hydroxylation is 1. The number of nitrogens with one attached hydrogen (secondary N) is 1. The van der Waals surface area contributed by atoms with Crippen LogP contribution in [-0.2, 0) is 12.8 Å². The zero-order chi connectivity index (χ0) is 16.6. The number of benzene rings is 1. The summed E-state index contributed by atoms with van der Waals surface area (Å²) in [7, 11) is 0. The van der Waals surface area contributed by atoms with Crippen LogP contribution in [0.15, 0.2) is 33.2 Å². The predicted octanol–water partition coefficient (Wildman–Crippen LogP) is 3.72. The van der Waals surface area contributed by atoms with Gasteiger partial charge in [0.25, 0.3) is 5.91 Å². The van der Waals surface area contributed by atoms with Crippen LogP contribution in [0.3, 0.4) is 0 Å². The van der Waals surface area contributed by atoms with Crippen LogP contribution in [-0.4, -0.2) is 17.0 Å². The largest absolute Gasteiger partial charge is 0.478 e. The molecule has 0 spiro atoms. The van der Waals surface area contributed by atoms with Gasteiger partial charge in [0.05, 0.1) is 6.04 Å². The van der Waals surface area contributed by atoms with Gasteiger partial charge in [-0.15, -0.1) is 0 Å². The normalized spacial score (nSPS) is 16.2. The van der Waals surface area contributed by atoms with E-state index in [-0.39, 0.29) is 23.3 Å². The molecule has 5 nitrogen and oxygen atoms in total. The Hall–Kier alpha value is -2.08. The lowest BCUT2D eigenvalue weighted by molar-refractivity contribution is 0.0694. The smallest absolute Gasteiger partial charge is 0.339 e. The summed E-state index contributed by atoms with van der Waals surface area (Å²) < 4.78 is 6.45. The van der Waals surface area contributed by atoms with Gasteiger partial charge in [0.1, 0.15) is 11.3 Å². The Kier molecular flexibility index (Phi) is 4.26. The molecule has 2 aromatic rings. The van der Waals surface area contributed by atoms with Gasteiger partial charge in [0.15, 0.2) is 5.76 Å². The second kappa shape index (κ2) is 6.20. The van der Waals surface area contributed by atoms with Crippen molar-refractivity contribution < 1.29 is 19.1 Å². The number of rotatable bonds is 4. The van der Waals surface area contributed by atoms with Crippen LogP contribution in [0.25, 0.3) is 0 Å². The average Bonchev–Trinajstić information content (AvgIpc) is 3.12. The Labute approximate surface area is 141 Å². The molecule has 0 saturated carbocycles. The first-order chi connectivity index (χ1) is 11.0. The van der Waals surface area contributed by atoms with Crippen LogP contribution in [0.1, 0.15) is 57.2 Å². The molecule has 6 heteroatoms. The first-order valence-corrected chi connectivity index (χ1v) is 8.24. The standard InChI is InChI=1S/C17H16BrNO4/c1-2-14-11(17(21)22)8-15(23-14)16(20)19-13-7-6-9-10(13)4-3-5-12(9)18/h3-5,8,13H,2,6-7H2,1H3,(H,19,20)(H,21,22). The van der Waals surface area contributed by atoms with Crippen molar-refractivity contribution in [3.63, 3.8) is 0 Å². The van der Waals surface area contributed by atoms with E-state index in [2.05, 4.69) is 21.2 Å². The number of hydrogen-bond donors (Lipinski definition) is 2. The molecule has 0 saturated heterocycles. The van der Waals surface area contributed by atoms with Crippen molar-refractivity contribution in [1.29, 1.82) is 0 Å². The molecule has 2 N–H and O–H groups in total. The van der Waals surface area contributed by atoms with Crippen LogP contribution in [0, 0.1) is 0 Å². The maximum Gasteiger partial charge on any atom is 0.339 e. The fraction of sp³-hybridized carbons (Fsp3) is 0.294. The van der Waals surface area contributed by atoms with Crippen molar-refractivity contribution in [2.75, 3.05) is 0 Å². The summed E-state index contributed by atoms with van der Waals surface area (Å²) in [5, 5.41) is 12.1. The Balaban J connectivity index is 1.82. The highest BCUT2D eigenvalue weighted by molar-refractivity contribution is 9.10. The average molecular weight is 378 g/mol. The van der Waals surface area contributed by atoms with E-state index in [1.807, 2.05) is 18.2 Å². The fourth-order valence-electron chi connectivity index (χ4n) is 2.97. The fourth-order valence-corrected chi connectivity index (χ4v) is 3.55. The number of carbonyl (C=O) groups excluding carboxylic acids is 1. The quantitative estimate of drug-likeness (QED) is 0.850. The third kappa shape index (κ3) is 2.91. The Morgan fingerprint density at radius 2 is 2.22 bits per heavy atom. The summed E-state index contributed by atoms with van der Waals surface area (Å²) in [6.45, 7) is 1.79. The topological polar surface area (TPSA) is 79.5 Å². The SMILES string of the molecule is CCc1oc(C(=O)NC2CCc3c(Br)cccc32)cc1C(=O)O. The van der Waals surface area contributed by atoms with Crippen molar-refractivity contribution in [2.24, 2.45) is 0 Å². The number of fused-ring (bicyclic) bond motifs is 1. The number of hydrogen-bond acceptors (Lipinski definition) is 3. The molecular formula is C17H16BrNO4. The van der Waals surface area contributed by atoms with Crippen molar-refractivity contribution in [3.8, 4) is 0 Å². The van der Waals surface area contributed by atoms with E-state index in [0.717, 1.165) is 22.9 Å². The second-order valence-corrected chi connectivity index (χ2v) is 6.33. The van der Waals surface area contributed by atoms with E-state index < -0.39 is 5.97 Å². The number of furan rings is 1. The van der Waals surface area contributed by atoms with Gasteiger partial charge >= 0.3 is 5.97 Å². The van der Waals surface area contributed by atoms with E-state index in [4.69, 9.17) is 9.52 Å². The number of carboxylic acid groups (broad SMARTS) is 1. The monoisotopic (exact) mass is 377 g/mol.